The summed E-state index contributed by atoms with van der Waals surface area (Å²) < 4.78 is 7.04. The van der Waals surface area contributed by atoms with Gasteiger partial charge < -0.3 is 19.6 Å². The largest absolute Gasteiger partial charge is 0.467 e. The molecule has 2 amide bonds. The molecule has 0 atom stereocenters. The summed E-state index contributed by atoms with van der Waals surface area (Å²) in [6, 6.07) is 11.3. The number of rotatable bonds is 7. The van der Waals surface area contributed by atoms with E-state index in [0.29, 0.717) is 18.8 Å². The number of carbonyl (C=O) groups is 2. The van der Waals surface area contributed by atoms with Gasteiger partial charge in [0.1, 0.15) is 5.76 Å². The van der Waals surface area contributed by atoms with E-state index < -0.39 is 0 Å². The van der Waals surface area contributed by atoms with Gasteiger partial charge in [0.25, 0.3) is 0 Å². The molecule has 3 rings (SSSR count). The lowest BCUT2D eigenvalue weighted by Gasteiger charge is -2.07. The number of fused-ring (bicyclic) bond motifs is 1. The second kappa shape index (κ2) is 7.45. The van der Waals surface area contributed by atoms with Crippen molar-refractivity contribution in [1.82, 2.24) is 20.2 Å². The van der Waals surface area contributed by atoms with Gasteiger partial charge in [0, 0.05) is 13.0 Å². The SMILES string of the molecule is O=C(CCn1cnc2ccccc21)NCC(=O)NCc1ccco1. The van der Waals surface area contributed by atoms with E-state index in [0.717, 1.165) is 11.0 Å². The molecule has 0 aliphatic carbocycles. The maximum Gasteiger partial charge on any atom is 0.239 e. The molecule has 7 heteroatoms. The Morgan fingerprint density at radius 2 is 1.96 bits per heavy atom. The fraction of sp³-hybridized carbons (Fsp3) is 0.235. The number of nitrogens with zero attached hydrogens (tertiary/aromatic N) is 2. The molecule has 7 nitrogen and oxygen atoms in total. The topological polar surface area (TPSA) is 89.2 Å². The highest BCUT2D eigenvalue weighted by atomic mass is 16.3. The first kappa shape index (κ1) is 15.8. The summed E-state index contributed by atoms with van der Waals surface area (Å²) >= 11 is 0. The predicted molar refractivity (Wildman–Crippen MR) is 87.9 cm³/mol. The minimum Gasteiger partial charge on any atom is -0.467 e. The Morgan fingerprint density at radius 3 is 2.79 bits per heavy atom. The number of hydrogen-bond acceptors (Lipinski definition) is 4. The molecule has 0 fully saturated rings. The first-order valence-electron chi connectivity index (χ1n) is 7.68. The van der Waals surface area contributed by atoms with Gasteiger partial charge in [-0.3, -0.25) is 9.59 Å². The molecule has 0 aliphatic heterocycles. The van der Waals surface area contributed by atoms with Crippen molar-refractivity contribution in [3.8, 4) is 0 Å². The lowest BCUT2D eigenvalue weighted by molar-refractivity contribution is -0.126. The second-order valence-electron chi connectivity index (χ2n) is 5.31. The molecular weight excluding hydrogens is 308 g/mol. The van der Waals surface area contributed by atoms with Crippen LogP contribution < -0.4 is 10.6 Å². The van der Waals surface area contributed by atoms with Crippen molar-refractivity contribution >= 4 is 22.8 Å². The van der Waals surface area contributed by atoms with Crippen molar-refractivity contribution in [2.75, 3.05) is 6.54 Å². The maximum absolute atomic E-state index is 11.9. The van der Waals surface area contributed by atoms with Crippen molar-refractivity contribution in [3.05, 3.63) is 54.7 Å². The summed E-state index contributed by atoms with van der Waals surface area (Å²) in [7, 11) is 0. The Labute approximate surface area is 138 Å². The van der Waals surface area contributed by atoms with Gasteiger partial charge >= 0.3 is 0 Å². The van der Waals surface area contributed by atoms with Crippen molar-refractivity contribution in [2.24, 2.45) is 0 Å². The first-order valence-corrected chi connectivity index (χ1v) is 7.68. The van der Waals surface area contributed by atoms with Crippen molar-refractivity contribution in [3.63, 3.8) is 0 Å². The molecule has 2 N–H and O–H groups in total. The number of carbonyl (C=O) groups excluding carboxylic acids is 2. The number of imidazole rings is 1. The Kier molecular flexibility index (Phi) is 4.90. The van der Waals surface area contributed by atoms with E-state index in [-0.39, 0.29) is 24.8 Å². The quantitative estimate of drug-likeness (QED) is 0.688. The lowest BCUT2D eigenvalue weighted by Crippen LogP contribution is -2.36. The summed E-state index contributed by atoms with van der Waals surface area (Å²) in [5, 5.41) is 5.28. The van der Waals surface area contributed by atoms with Crippen LogP contribution in [-0.4, -0.2) is 27.9 Å². The van der Waals surface area contributed by atoms with Gasteiger partial charge in [-0.15, -0.1) is 0 Å². The van der Waals surface area contributed by atoms with Crippen LogP contribution in [0.1, 0.15) is 12.2 Å². The van der Waals surface area contributed by atoms with E-state index in [1.807, 2.05) is 28.8 Å². The Balaban J connectivity index is 1.40. The molecule has 24 heavy (non-hydrogen) atoms. The standard InChI is InChI=1S/C17H18N4O3/c22-16(19-11-17(23)18-10-13-4-3-9-24-13)7-8-21-12-20-14-5-1-2-6-15(14)21/h1-6,9,12H,7-8,10-11H2,(H,18,23)(H,19,22). The van der Waals surface area contributed by atoms with E-state index in [2.05, 4.69) is 15.6 Å². The summed E-state index contributed by atoms with van der Waals surface area (Å²) in [6.07, 6.45) is 3.54. The number of benzene rings is 1. The molecule has 124 valence electrons. The molecule has 0 aliphatic rings. The number of aromatic nitrogens is 2. The van der Waals surface area contributed by atoms with E-state index in [4.69, 9.17) is 4.42 Å². The third-order valence-electron chi connectivity index (χ3n) is 3.59. The summed E-state index contributed by atoms with van der Waals surface area (Å²) in [5.74, 6) is 0.232. The molecule has 0 unspecified atom stereocenters. The highest BCUT2D eigenvalue weighted by Crippen LogP contribution is 2.11. The molecule has 2 heterocycles. The fourth-order valence-electron chi connectivity index (χ4n) is 2.34. The van der Waals surface area contributed by atoms with Crippen LogP contribution in [0.25, 0.3) is 11.0 Å². The number of nitrogens with one attached hydrogen (secondary N) is 2. The minimum atomic E-state index is -0.257. The molecule has 1 aromatic carbocycles. The van der Waals surface area contributed by atoms with Gasteiger partial charge in [0.05, 0.1) is 36.7 Å². The van der Waals surface area contributed by atoms with E-state index in [9.17, 15) is 9.59 Å². The number of aryl methyl sites for hydroxylation is 1. The zero-order chi connectivity index (χ0) is 16.8. The average molecular weight is 326 g/mol. The highest BCUT2D eigenvalue weighted by molar-refractivity contribution is 5.84. The van der Waals surface area contributed by atoms with Crippen LogP contribution >= 0.6 is 0 Å². The van der Waals surface area contributed by atoms with E-state index in [1.165, 1.54) is 0 Å². The minimum absolute atomic E-state index is 0.0514. The highest BCUT2D eigenvalue weighted by Gasteiger charge is 2.08. The van der Waals surface area contributed by atoms with Crippen LogP contribution in [0.4, 0.5) is 0 Å². The number of amides is 2. The van der Waals surface area contributed by atoms with Crippen molar-refractivity contribution in [1.29, 1.82) is 0 Å². The normalized spacial score (nSPS) is 10.7. The number of para-hydroxylation sites is 2. The Bertz CT molecular complexity index is 823. The van der Waals surface area contributed by atoms with Crippen LogP contribution in [-0.2, 0) is 22.7 Å². The second-order valence-corrected chi connectivity index (χ2v) is 5.31. The Morgan fingerprint density at radius 1 is 1.08 bits per heavy atom. The van der Waals surface area contributed by atoms with Gasteiger partial charge in [0.15, 0.2) is 0 Å². The van der Waals surface area contributed by atoms with Gasteiger partial charge in [-0.25, -0.2) is 4.98 Å². The van der Waals surface area contributed by atoms with Crippen LogP contribution in [0.5, 0.6) is 0 Å². The zero-order valence-corrected chi connectivity index (χ0v) is 13.1. The smallest absolute Gasteiger partial charge is 0.239 e. The molecule has 2 aromatic heterocycles. The van der Waals surface area contributed by atoms with Gasteiger partial charge in [-0.2, -0.15) is 0 Å². The van der Waals surface area contributed by atoms with E-state index in [1.54, 1.807) is 24.7 Å². The monoisotopic (exact) mass is 326 g/mol. The molecule has 3 aromatic rings. The summed E-state index contributed by atoms with van der Waals surface area (Å²) in [5.41, 5.74) is 1.89. The molecule has 0 saturated carbocycles. The average Bonchev–Trinajstić information content (AvgIpc) is 3.26. The molecule has 0 saturated heterocycles. The number of hydrogen-bond donors (Lipinski definition) is 2. The summed E-state index contributed by atoms with van der Waals surface area (Å²) in [4.78, 5) is 27.8. The predicted octanol–water partition coefficient (Wildman–Crippen LogP) is 1.45. The van der Waals surface area contributed by atoms with Crippen molar-refractivity contribution in [2.45, 2.75) is 19.5 Å². The zero-order valence-electron chi connectivity index (χ0n) is 13.1. The van der Waals surface area contributed by atoms with Crippen LogP contribution in [0, 0.1) is 0 Å². The van der Waals surface area contributed by atoms with Gasteiger partial charge in [-0.1, -0.05) is 12.1 Å². The first-order chi connectivity index (χ1) is 11.7. The van der Waals surface area contributed by atoms with Crippen molar-refractivity contribution < 1.29 is 14.0 Å². The third-order valence-corrected chi connectivity index (χ3v) is 3.59. The fourth-order valence-corrected chi connectivity index (χ4v) is 2.34. The van der Waals surface area contributed by atoms with Crippen LogP contribution in [0.3, 0.4) is 0 Å². The molecule has 0 spiro atoms. The summed E-state index contributed by atoms with van der Waals surface area (Å²) in [6.45, 7) is 0.771. The van der Waals surface area contributed by atoms with Gasteiger partial charge in [0.2, 0.25) is 11.8 Å². The maximum atomic E-state index is 11.9. The molecule has 0 bridgehead atoms. The van der Waals surface area contributed by atoms with Gasteiger partial charge in [-0.05, 0) is 24.3 Å². The van der Waals surface area contributed by atoms with Crippen LogP contribution in [0.15, 0.2) is 53.4 Å². The number of furan rings is 1. The van der Waals surface area contributed by atoms with E-state index >= 15 is 0 Å². The lowest BCUT2D eigenvalue weighted by atomic mass is 10.3. The molecular formula is C17H18N4O3. The third kappa shape index (κ3) is 4.01. The van der Waals surface area contributed by atoms with Crippen LogP contribution in [0.2, 0.25) is 0 Å². The molecule has 0 radical (unpaired) electrons. The Hall–Kier alpha value is -3.09.